The summed E-state index contributed by atoms with van der Waals surface area (Å²) in [5, 5.41) is 14.5. The van der Waals surface area contributed by atoms with Gasteiger partial charge < -0.3 is 10.2 Å². The number of benzene rings is 1. The Morgan fingerprint density at radius 2 is 2.03 bits per heavy atom. The Morgan fingerprint density at radius 1 is 1.28 bits per heavy atom. The molecule has 1 aliphatic rings. The molecule has 1 saturated heterocycles. The number of amides is 2. The summed E-state index contributed by atoms with van der Waals surface area (Å²) in [4.78, 5) is 41.8. The van der Waals surface area contributed by atoms with E-state index in [0.717, 1.165) is 19.0 Å². The van der Waals surface area contributed by atoms with Crippen LogP contribution < -0.4 is 5.32 Å². The molecule has 1 fully saturated rings. The smallest absolute Gasteiger partial charge is 0.288 e. The standard InChI is InChI=1S/C19H18Cl2N4O4/c1-11-14(9-13(10-22-11)25(28)29)19(27)24-7-3-2-4-17(24)18(26)23-16-6-5-12(20)8-15(16)21/h5-6,8-10,17H,2-4,7H2,1H3,(H,23,26). The fraction of sp³-hybridized carbons (Fsp3) is 0.316. The van der Waals surface area contributed by atoms with E-state index in [0.29, 0.717) is 34.4 Å². The number of piperidine rings is 1. The Morgan fingerprint density at radius 3 is 2.72 bits per heavy atom. The van der Waals surface area contributed by atoms with E-state index >= 15 is 0 Å². The molecule has 0 spiro atoms. The summed E-state index contributed by atoms with van der Waals surface area (Å²) in [6.07, 6.45) is 3.10. The van der Waals surface area contributed by atoms with Gasteiger partial charge >= 0.3 is 0 Å². The summed E-state index contributed by atoms with van der Waals surface area (Å²) in [5.41, 5.74) is 0.603. The van der Waals surface area contributed by atoms with E-state index in [4.69, 9.17) is 23.2 Å². The highest BCUT2D eigenvalue weighted by Crippen LogP contribution is 2.28. The minimum absolute atomic E-state index is 0.114. The van der Waals surface area contributed by atoms with E-state index in [-0.39, 0.29) is 17.2 Å². The molecule has 2 amide bonds. The molecule has 1 unspecified atom stereocenters. The maximum Gasteiger partial charge on any atom is 0.288 e. The molecule has 0 aliphatic carbocycles. The molecule has 1 atom stereocenters. The molecule has 2 aromatic rings. The zero-order chi connectivity index (χ0) is 21.1. The van der Waals surface area contributed by atoms with Crippen molar-refractivity contribution in [2.45, 2.75) is 32.2 Å². The lowest BCUT2D eigenvalue weighted by Gasteiger charge is -2.35. The summed E-state index contributed by atoms with van der Waals surface area (Å²) >= 11 is 12.0. The predicted octanol–water partition coefficient (Wildman–Crippen LogP) is 4.24. The summed E-state index contributed by atoms with van der Waals surface area (Å²) in [5.74, 6) is -0.834. The lowest BCUT2D eigenvalue weighted by atomic mass is 9.99. The highest BCUT2D eigenvalue weighted by molar-refractivity contribution is 6.36. The van der Waals surface area contributed by atoms with Crippen LogP contribution in [0.15, 0.2) is 30.5 Å². The molecular formula is C19H18Cl2N4O4. The molecule has 1 aliphatic heterocycles. The number of carbonyl (C=O) groups is 2. The molecule has 1 aromatic carbocycles. The van der Waals surface area contributed by atoms with Crippen LogP contribution in [0, 0.1) is 17.0 Å². The van der Waals surface area contributed by atoms with E-state index in [9.17, 15) is 19.7 Å². The molecule has 8 nitrogen and oxygen atoms in total. The Balaban J connectivity index is 1.85. The number of aromatic nitrogens is 1. The zero-order valence-corrected chi connectivity index (χ0v) is 17.0. The van der Waals surface area contributed by atoms with Crippen molar-refractivity contribution in [1.29, 1.82) is 0 Å². The number of likely N-dealkylation sites (tertiary alicyclic amines) is 1. The third-order valence-electron chi connectivity index (χ3n) is 4.77. The molecule has 0 radical (unpaired) electrons. The first kappa shape index (κ1) is 21.0. The monoisotopic (exact) mass is 436 g/mol. The number of carbonyl (C=O) groups excluding carboxylic acids is 2. The van der Waals surface area contributed by atoms with Crippen molar-refractivity contribution in [2.75, 3.05) is 11.9 Å². The number of rotatable bonds is 4. The van der Waals surface area contributed by atoms with Gasteiger partial charge in [-0.1, -0.05) is 23.2 Å². The molecule has 10 heteroatoms. The fourth-order valence-electron chi connectivity index (χ4n) is 3.25. The van der Waals surface area contributed by atoms with E-state index < -0.39 is 16.9 Å². The van der Waals surface area contributed by atoms with Gasteiger partial charge in [-0.05, 0) is 44.4 Å². The van der Waals surface area contributed by atoms with Crippen LogP contribution in [0.4, 0.5) is 11.4 Å². The molecule has 0 saturated carbocycles. The van der Waals surface area contributed by atoms with Crippen LogP contribution in [0.1, 0.15) is 35.3 Å². The summed E-state index contributed by atoms with van der Waals surface area (Å²) in [7, 11) is 0. The first-order valence-corrected chi connectivity index (χ1v) is 9.71. The Bertz CT molecular complexity index is 983. The van der Waals surface area contributed by atoms with E-state index in [1.165, 1.54) is 17.0 Å². The first-order valence-electron chi connectivity index (χ1n) is 8.96. The van der Waals surface area contributed by atoms with Crippen LogP contribution >= 0.6 is 23.2 Å². The van der Waals surface area contributed by atoms with Gasteiger partial charge in [0.2, 0.25) is 5.91 Å². The van der Waals surface area contributed by atoms with Gasteiger partial charge in [0, 0.05) is 17.6 Å². The lowest BCUT2D eigenvalue weighted by Crippen LogP contribution is -2.50. The van der Waals surface area contributed by atoms with Crippen LogP contribution in [0.25, 0.3) is 0 Å². The average Bonchev–Trinajstić information content (AvgIpc) is 2.69. The van der Waals surface area contributed by atoms with Crippen molar-refractivity contribution in [1.82, 2.24) is 9.88 Å². The second-order valence-corrected chi connectivity index (χ2v) is 7.55. The quantitative estimate of drug-likeness (QED) is 0.569. The molecule has 152 valence electrons. The first-order chi connectivity index (χ1) is 13.8. The second-order valence-electron chi connectivity index (χ2n) is 6.71. The number of nitrogens with one attached hydrogen (secondary N) is 1. The van der Waals surface area contributed by atoms with Gasteiger partial charge in [-0.3, -0.25) is 24.7 Å². The largest absolute Gasteiger partial charge is 0.327 e. The zero-order valence-electron chi connectivity index (χ0n) is 15.5. The average molecular weight is 437 g/mol. The SMILES string of the molecule is Cc1ncc([N+](=O)[O-])cc1C(=O)N1CCCCC1C(=O)Nc1ccc(Cl)cc1Cl. The van der Waals surface area contributed by atoms with Crippen LogP contribution in [0.3, 0.4) is 0 Å². The van der Waals surface area contributed by atoms with Crippen molar-refractivity contribution in [2.24, 2.45) is 0 Å². The molecule has 1 aromatic heterocycles. The van der Waals surface area contributed by atoms with Gasteiger partial charge in [-0.25, -0.2) is 0 Å². The molecular weight excluding hydrogens is 419 g/mol. The summed E-state index contributed by atoms with van der Waals surface area (Å²) < 4.78 is 0. The van der Waals surface area contributed by atoms with Crippen molar-refractivity contribution in [3.05, 3.63) is 61.9 Å². The fourth-order valence-corrected chi connectivity index (χ4v) is 3.70. The number of anilines is 1. The number of aryl methyl sites for hydroxylation is 1. The van der Waals surface area contributed by atoms with Gasteiger partial charge in [0.25, 0.3) is 11.6 Å². The Labute approximate surface area is 177 Å². The van der Waals surface area contributed by atoms with Gasteiger partial charge in [0.15, 0.2) is 0 Å². The van der Waals surface area contributed by atoms with Gasteiger partial charge in [0.05, 0.1) is 26.9 Å². The molecule has 2 heterocycles. The molecule has 29 heavy (non-hydrogen) atoms. The summed E-state index contributed by atoms with van der Waals surface area (Å²) in [6.45, 7) is 1.97. The Kier molecular flexibility index (Phi) is 6.34. The normalized spacial score (nSPS) is 16.4. The predicted molar refractivity (Wildman–Crippen MR) is 109 cm³/mol. The third-order valence-corrected chi connectivity index (χ3v) is 5.32. The van der Waals surface area contributed by atoms with E-state index in [2.05, 4.69) is 10.3 Å². The number of halogens is 2. The highest BCUT2D eigenvalue weighted by atomic mass is 35.5. The van der Waals surface area contributed by atoms with Crippen molar-refractivity contribution in [3.8, 4) is 0 Å². The molecule has 3 rings (SSSR count). The number of nitrogens with zero attached hydrogens (tertiary/aromatic N) is 3. The van der Waals surface area contributed by atoms with E-state index in [1.807, 2.05) is 0 Å². The Hall–Kier alpha value is -2.71. The van der Waals surface area contributed by atoms with Crippen molar-refractivity contribution < 1.29 is 14.5 Å². The molecule has 1 N–H and O–H groups in total. The third kappa shape index (κ3) is 4.65. The number of nitro groups is 1. The van der Waals surface area contributed by atoms with E-state index in [1.54, 1.807) is 19.1 Å². The lowest BCUT2D eigenvalue weighted by molar-refractivity contribution is -0.385. The molecule has 0 bridgehead atoms. The van der Waals surface area contributed by atoms with Crippen LogP contribution in [-0.4, -0.2) is 39.2 Å². The highest BCUT2D eigenvalue weighted by Gasteiger charge is 2.34. The van der Waals surface area contributed by atoms with Gasteiger partial charge in [0.1, 0.15) is 12.2 Å². The van der Waals surface area contributed by atoms with Crippen LogP contribution in [0.2, 0.25) is 10.0 Å². The van der Waals surface area contributed by atoms with Gasteiger partial charge in [-0.15, -0.1) is 0 Å². The minimum atomic E-state index is -0.721. The van der Waals surface area contributed by atoms with Crippen molar-refractivity contribution in [3.63, 3.8) is 0 Å². The summed E-state index contributed by atoms with van der Waals surface area (Å²) in [6, 6.07) is 5.18. The van der Waals surface area contributed by atoms with Crippen LogP contribution in [-0.2, 0) is 4.79 Å². The van der Waals surface area contributed by atoms with Crippen molar-refractivity contribution >= 4 is 46.4 Å². The number of pyridine rings is 1. The maximum absolute atomic E-state index is 13.1. The second kappa shape index (κ2) is 8.75. The van der Waals surface area contributed by atoms with Gasteiger partial charge in [-0.2, -0.15) is 0 Å². The number of hydrogen-bond donors (Lipinski definition) is 1. The topological polar surface area (TPSA) is 105 Å². The maximum atomic E-state index is 13.1. The number of hydrogen-bond acceptors (Lipinski definition) is 5. The van der Waals surface area contributed by atoms with Crippen LogP contribution in [0.5, 0.6) is 0 Å². The minimum Gasteiger partial charge on any atom is -0.327 e.